The molecule has 1 aromatic rings. The van der Waals surface area contributed by atoms with Crippen molar-refractivity contribution in [1.29, 1.82) is 0 Å². The van der Waals surface area contributed by atoms with Gasteiger partial charge in [-0.3, -0.25) is 0 Å². The quantitative estimate of drug-likeness (QED) is 0.832. The van der Waals surface area contributed by atoms with Crippen molar-refractivity contribution in [2.45, 2.75) is 32.3 Å². The molecule has 0 spiro atoms. The minimum Gasteiger partial charge on any atom is -0.490 e. The van der Waals surface area contributed by atoms with E-state index in [-0.39, 0.29) is 11.9 Å². The summed E-state index contributed by atoms with van der Waals surface area (Å²) >= 11 is 0. The second-order valence-corrected chi connectivity index (χ2v) is 4.33. The Morgan fingerprint density at radius 1 is 1.31 bits per heavy atom. The number of halogens is 1. The summed E-state index contributed by atoms with van der Waals surface area (Å²) in [5.74, 6) is 0.612. The summed E-state index contributed by atoms with van der Waals surface area (Å²) in [6.45, 7) is 3.96. The number of aryl methyl sites for hydroxylation is 1. The van der Waals surface area contributed by atoms with E-state index in [1.807, 2.05) is 6.92 Å². The van der Waals surface area contributed by atoms with Crippen LogP contribution in [0.4, 0.5) is 4.39 Å². The van der Waals surface area contributed by atoms with Crippen LogP contribution < -0.4 is 10.1 Å². The Morgan fingerprint density at radius 2 is 2.19 bits per heavy atom. The molecule has 1 heterocycles. The standard InChI is InChI=1S/C13H18FNO/c1-10-9-11(14)4-5-13(10)16-12-3-2-7-15-8-6-12/h4-5,9,12,15H,2-3,6-8H2,1H3. The van der Waals surface area contributed by atoms with E-state index in [0.717, 1.165) is 43.7 Å². The average molecular weight is 223 g/mol. The van der Waals surface area contributed by atoms with Crippen molar-refractivity contribution in [3.05, 3.63) is 29.6 Å². The molecule has 0 radical (unpaired) electrons. The zero-order valence-corrected chi connectivity index (χ0v) is 9.63. The lowest BCUT2D eigenvalue weighted by Crippen LogP contribution is -2.19. The molecule has 1 atom stereocenters. The van der Waals surface area contributed by atoms with E-state index in [4.69, 9.17) is 4.74 Å². The van der Waals surface area contributed by atoms with E-state index in [9.17, 15) is 4.39 Å². The first-order valence-electron chi connectivity index (χ1n) is 5.89. The van der Waals surface area contributed by atoms with E-state index in [0.29, 0.717) is 0 Å². The number of hydrogen-bond donors (Lipinski definition) is 1. The smallest absolute Gasteiger partial charge is 0.123 e. The molecule has 1 unspecified atom stereocenters. The van der Waals surface area contributed by atoms with Gasteiger partial charge in [0.25, 0.3) is 0 Å². The molecule has 2 nitrogen and oxygen atoms in total. The lowest BCUT2D eigenvalue weighted by Gasteiger charge is -2.18. The fourth-order valence-electron chi connectivity index (χ4n) is 2.03. The van der Waals surface area contributed by atoms with Crippen molar-refractivity contribution < 1.29 is 9.13 Å². The highest BCUT2D eigenvalue weighted by Crippen LogP contribution is 2.22. The van der Waals surface area contributed by atoms with Crippen LogP contribution in [-0.2, 0) is 0 Å². The van der Waals surface area contributed by atoms with Gasteiger partial charge in [-0.05, 0) is 63.0 Å². The molecule has 1 aromatic carbocycles. The van der Waals surface area contributed by atoms with Crippen LogP contribution in [0.2, 0.25) is 0 Å². The topological polar surface area (TPSA) is 21.3 Å². The predicted molar refractivity (Wildman–Crippen MR) is 62.3 cm³/mol. The van der Waals surface area contributed by atoms with Crippen molar-refractivity contribution >= 4 is 0 Å². The Balaban J connectivity index is 2.01. The van der Waals surface area contributed by atoms with Crippen LogP contribution in [-0.4, -0.2) is 19.2 Å². The molecule has 1 N–H and O–H groups in total. The molecule has 1 saturated heterocycles. The van der Waals surface area contributed by atoms with E-state index in [1.165, 1.54) is 12.1 Å². The molecule has 0 aliphatic carbocycles. The van der Waals surface area contributed by atoms with E-state index < -0.39 is 0 Å². The Bertz CT molecular complexity index is 346. The third-order valence-electron chi connectivity index (χ3n) is 2.95. The second kappa shape index (κ2) is 5.30. The van der Waals surface area contributed by atoms with Gasteiger partial charge in [0.05, 0.1) is 6.10 Å². The molecular weight excluding hydrogens is 205 g/mol. The first-order valence-corrected chi connectivity index (χ1v) is 5.89. The lowest BCUT2D eigenvalue weighted by atomic mass is 10.1. The predicted octanol–water partition coefficient (Wildman–Crippen LogP) is 2.66. The Kier molecular flexibility index (Phi) is 3.78. The molecule has 1 aliphatic heterocycles. The van der Waals surface area contributed by atoms with Crippen LogP contribution in [0.25, 0.3) is 0 Å². The van der Waals surface area contributed by atoms with Crippen LogP contribution in [0.1, 0.15) is 24.8 Å². The highest BCUT2D eigenvalue weighted by atomic mass is 19.1. The lowest BCUT2D eigenvalue weighted by molar-refractivity contribution is 0.186. The summed E-state index contributed by atoms with van der Waals surface area (Å²) in [6.07, 6.45) is 3.50. The molecule has 88 valence electrons. The number of ether oxygens (including phenoxy) is 1. The van der Waals surface area contributed by atoms with Gasteiger partial charge in [0.15, 0.2) is 0 Å². The van der Waals surface area contributed by atoms with E-state index in [2.05, 4.69) is 5.32 Å². The fourth-order valence-corrected chi connectivity index (χ4v) is 2.03. The van der Waals surface area contributed by atoms with Gasteiger partial charge < -0.3 is 10.1 Å². The number of benzene rings is 1. The van der Waals surface area contributed by atoms with E-state index in [1.54, 1.807) is 6.07 Å². The summed E-state index contributed by atoms with van der Waals surface area (Å²) in [5.41, 5.74) is 0.872. The third kappa shape index (κ3) is 2.95. The molecule has 0 bridgehead atoms. The second-order valence-electron chi connectivity index (χ2n) is 4.33. The van der Waals surface area contributed by atoms with Crippen molar-refractivity contribution in [3.63, 3.8) is 0 Å². The van der Waals surface area contributed by atoms with Crippen LogP contribution in [0.5, 0.6) is 5.75 Å². The van der Waals surface area contributed by atoms with Crippen molar-refractivity contribution in [3.8, 4) is 5.75 Å². The third-order valence-corrected chi connectivity index (χ3v) is 2.95. The first-order chi connectivity index (χ1) is 7.75. The average Bonchev–Trinajstić information content (AvgIpc) is 2.51. The number of hydrogen-bond acceptors (Lipinski definition) is 2. The fraction of sp³-hybridized carbons (Fsp3) is 0.538. The molecule has 0 amide bonds. The highest BCUT2D eigenvalue weighted by molar-refractivity contribution is 5.32. The molecule has 1 aliphatic rings. The largest absolute Gasteiger partial charge is 0.490 e. The SMILES string of the molecule is Cc1cc(F)ccc1OC1CCCNCC1. The summed E-state index contributed by atoms with van der Waals surface area (Å²) in [5, 5.41) is 3.35. The van der Waals surface area contributed by atoms with Gasteiger partial charge in [0.1, 0.15) is 11.6 Å². The molecule has 16 heavy (non-hydrogen) atoms. The van der Waals surface area contributed by atoms with Gasteiger partial charge >= 0.3 is 0 Å². The summed E-state index contributed by atoms with van der Waals surface area (Å²) in [6, 6.07) is 4.70. The minimum atomic E-state index is -0.201. The maximum Gasteiger partial charge on any atom is 0.123 e. The minimum absolute atomic E-state index is 0.201. The molecule has 3 heteroatoms. The van der Waals surface area contributed by atoms with Gasteiger partial charge in [-0.25, -0.2) is 4.39 Å². The molecule has 1 fully saturated rings. The van der Waals surface area contributed by atoms with Crippen LogP contribution >= 0.6 is 0 Å². The molecule has 0 aromatic heterocycles. The van der Waals surface area contributed by atoms with E-state index >= 15 is 0 Å². The van der Waals surface area contributed by atoms with Crippen LogP contribution in [0.3, 0.4) is 0 Å². The molecule has 0 saturated carbocycles. The van der Waals surface area contributed by atoms with Crippen molar-refractivity contribution in [2.75, 3.05) is 13.1 Å². The molecular formula is C13H18FNO. The number of nitrogens with one attached hydrogen (secondary N) is 1. The summed E-state index contributed by atoms with van der Waals surface area (Å²) in [4.78, 5) is 0. The maximum absolute atomic E-state index is 12.9. The van der Waals surface area contributed by atoms with Gasteiger partial charge in [-0.2, -0.15) is 0 Å². The monoisotopic (exact) mass is 223 g/mol. The van der Waals surface area contributed by atoms with Gasteiger partial charge in [0, 0.05) is 0 Å². The van der Waals surface area contributed by atoms with Gasteiger partial charge in [-0.1, -0.05) is 0 Å². The maximum atomic E-state index is 12.9. The molecule has 2 rings (SSSR count). The normalized spacial score (nSPS) is 21.5. The van der Waals surface area contributed by atoms with Gasteiger partial charge in [-0.15, -0.1) is 0 Å². The first kappa shape index (κ1) is 11.4. The zero-order valence-electron chi connectivity index (χ0n) is 9.63. The Morgan fingerprint density at radius 3 is 3.00 bits per heavy atom. The van der Waals surface area contributed by atoms with Crippen molar-refractivity contribution in [1.82, 2.24) is 5.32 Å². The zero-order chi connectivity index (χ0) is 11.4. The van der Waals surface area contributed by atoms with Crippen molar-refractivity contribution in [2.24, 2.45) is 0 Å². The Labute approximate surface area is 95.8 Å². The summed E-state index contributed by atoms with van der Waals surface area (Å²) in [7, 11) is 0. The summed E-state index contributed by atoms with van der Waals surface area (Å²) < 4.78 is 18.8. The van der Waals surface area contributed by atoms with Crippen LogP contribution in [0, 0.1) is 12.7 Å². The Hall–Kier alpha value is -1.09. The van der Waals surface area contributed by atoms with Crippen LogP contribution in [0.15, 0.2) is 18.2 Å². The van der Waals surface area contributed by atoms with Gasteiger partial charge in [0.2, 0.25) is 0 Å². The number of rotatable bonds is 2. The highest BCUT2D eigenvalue weighted by Gasteiger charge is 2.14.